The zero-order valence-electron chi connectivity index (χ0n) is 19.4. The largest absolute Gasteiger partial charge is 0.375 e. The molecule has 172 valence electrons. The van der Waals surface area contributed by atoms with Gasteiger partial charge in [0.1, 0.15) is 6.10 Å². The molecule has 1 N–H and O–H groups in total. The van der Waals surface area contributed by atoms with Gasteiger partial charge >= 0.3 is 0 Å². The first-order chi connectivity index (χ1) is 15.2. The number of morpholine rings is 1. The molecule has 1 aromatic rings. The van der Waals surface area contributed by atoms with Crippen molar-refractivity contribution in [2.45, 2.75) is 77.3 Å². The summed E-state index contributed by atoms with van der Waals surface area (Å²) in [5.41, 5.74) is 2.66. The number of nitrogens with zero attached hydrogens (tertiary/aromatic N) is 3. The van der Waals surface area contributed by atoms with Crippen LogP contribution >= 0.6 is 0 Å². The van der Waals surface area contributed by atoms with E-state index in [2.05, 4.69) is 53.2 Å². The molecule has 0 amide bonds. The van der Waals surface area contributed by atoms with Gasteiger partial charge in [-0.3, -0.25) is 4.90 Å². The van der Waals surface area contributed by atoms with E-state index in [9.17, 15) is 0 Å². The molecule has 1 aromatic carbocycles. The fourth-order valence-electron chi connectivity index (χ4n) is 4.96. The van der Waals surface area contributed by atoms with Gasteiger partial charge in [-0.15, -0.1) is 0 Å². The Bertz CT molecular complexity index is 702. The van der Waals surface area contributed by atoms with Crippen LogP contribution in [0.25, 0.3) is 0 Å². The highest BCUT2D eigenvalue weighted by molar-refractivity contribution is 5.80. The molecule has 0 saturated carbocycles. The monoisotopic (exact) mass is 428 g/mol. The smallest absolute Gasteiger partial charge is 0.194 e. The zero-order valence-corrected chi connectivity index (χ0v) is 19.4. The molecular formula is C25H40N4O2. The van der Waals surface area contributed by atoms with Gasteiger partial charge < -0.3 is 19.7 Å². The minimum absolute atomic E-state index is 0.150. The van der Waals surface area contributed by atoms with Crippen LogP contribution in [0.2, 0.25) is 0 Å². The summed E-state index contributed by atoms with van der Waals surface area (Å²) in [4.78, 5) is 9.90. The molecule has 3 atom stereocenters. The molecule has 6 heteroatoms. The molecule has 3 saturated heterocycles. The highest BCUT2D eigenvalue weighted by Crippen LogP contribution is 2.22. The first-order valence-corrected chi connectivity index (χ1v) is 12.3. The second-order valence-corrected chi connectivity index (χ2v) is 9.21. The maximum atomic E-state index is 6.01. The van der Waals surface area contributed by atoms with Gasteiger partial charge in [-0.1, -0.05) is 30.7 Å². The standard InChI is InChI=1S/C25H40N4O2/c1-3-26-25(29-14-16-31-24(19-29)23-8-6-15-30-23)27-17-21-9-11-22(12-10-21)18-28-13-5-4-7-20(28)2/h9-12,20,23-24H,3-8,13-19H2,1-2H3,(H,26,27). The summed E-state index contributed by atoms with van der Waals surface area (Å²) in [7, 11) is 0. The van der Waals surface area contributed by atoms with E-state index < -0.39 is 0 Å². The van der Waals surface area contributed by atoms with Crippen molar-refractivity contribution in [3.63, 3.8) is 0 Å². The molecule has 0 radical (unpaired) electrons. The Balaban J connectivity index is 1.34. The lowest BCUT2D eigenvalue weighted by atomic mass is 10.0. The van der Waals surface area contributed by atoms with Crippen molar-refractivity contribution in [2.24, 2.45) is 4.99 Å². The SMILES string of the molecule is CCNC(=NCc1ccc(CN2CCCCC2C)cc1)N1CCOC(C2CCCO2)C1. The van der Waals surface area contributed by atoms with Gasteiger partial charge in [0.25, 0.3) is 0 Å². The van der Waals surface area contributed by atoms with Crippen molar-refractivity contribution < 1.29 is 9.47 Å². The van der Waals surface area contributed by atoms with Crippen molar-refractivity contribution in [1.82, 2.24) is 15.1 Å². The molecule has 0 bridgehead atoms. The van der Waals surface area contributed by atoms with Crippen molar-refractivity contribution in [2.75, 3.05) is 39.4 Å². The van der Waals surface area contributed by atoms with Crippen LogP contribution in [0.5, 0.6) is 0 Å². The first kappa shape index (κ1) is 22.6. The van der Waals surface area contributed by atoms with Crippen molar-refractivity contribution in [3.8, 4) is 0 Å². The predicted molar refractivity (Wildman–Crippen MR) is 125 cm³/mol. The minimum Gasteiger partial charge on any atom is -0.375 e. The lowest BCUT2D eigenvalue weighted by Gasteiger charge is -2.37. The average Bonchev–Trinajstić information content (AvgIpc) is 3.34. The number of guanidine groups is 1. The van der Waals surface area contributed by atoms with Gasteiger partial charge in [0.15, 0.2) is 5.96 Å². The van der Waals surface area contributed by atoms with E-state index in [1.54, 1.807) is 0 Å². The Labute approximate surface area is 188 Å². The third-order valence-electron chi connectivity index (χ3n) is 6.87. The van der Waals surface area contributed by atoms with E-state index >= 15 is 0 Å². The second kappa shape index (κ2) is 11.3. The Morgan fingerprint density at radius 1 is 1.00 bits per heavy atom. The summed E-state index contributed by atoms with van der Waals surface area (Å²) < 4.78 is 11.9. The topological polar surface area (TPSA) is 49.3 Å². The number of aliphatic imine (C=N–C) groups is 1. The molecule has 31 heavy (non-hydrogen) atoms. The van der Waals surface area contributed by atoms with Gasteiger partial charge in [0.05, 0.1) is 19.3 Å². The summed E-state index contributed by atoms with van der Waals surface area (Å²) >= 11 is 0. The number of hydrogen-bond acceptors (Lipinski definition) is 4. The van der Waals surface area contributed by atoms with Gasteiger partial charge in [0.2, 0.25) is 0 Å². The van der Waals surface area contributed by atoms with Crippen LogP contribution in [0.3, 0.4) is 0 Å². The van der Waals surface area contributed by atoms with E-state index in [0.29, 0.717) is 12.6 Å². The van der Waals surface area contributed by atoms with Crippen LogP contribution in [0.4, 0.5) is 0 Å². The average molecular weight is 429 g/mol. The number of hydrogen-bond donors (Lipinski definition) is 1. The molecule has 0 aromatic heterocycles. The van der Waals surface area contributed by atoms with Crippen LogP contribution in [0.15, 0.2) is 29.3 Å². The molecular weight excluding hydrogens is 388 g/mol. The molecule has 3 aliphatic rings. The molecule has 0 aliphatic carbocycles. The summed E-state index contributed by atoms with van der Waals surface area (Å²) in [6.45, 7) is 11.7. The van der Waals surface area contributed by atoms with Crippen LogP contribution in [-0.4, -0.2) is 73.4 Å². The summed E-state index contributed by atoms with van der Waals surface area (Å²) in [6, 6.07) is 9.74. The first-order valence-electron chi connectivity index (χ1n) is 12.3. The Morgan fingerprint density at radius 3 is 2.55 bits per heavy atom. The van der Waals surface area contributed by atoms with Crippen molar-refractivity contribution in [3.05, 3.63) is 35.4 Å². The zero-order chi connectivity index (χ0) is 21.5. The maximum Gasteiger partial charge on any atom is 0.194 e. The normalized spacial score (nSPS) is 28.1. The van der Waals surface area contributed by atoms with Crippen molar-refractivity contribution in [1.29, 1.82) is 0 Å². The Hall–Kier alpha value is -1.63. The maximum absolute atomic E-state index is 6.01. The van der Waals surface area contributed by atoms with E-state index in [1.807, 2.05) is 0 Å². The third-order valence-corrected chi connectivity index (χ3v) is 6.87. The number of piperidine rings is 1. The molecule has 3 aliphatic heterocycles. The molecule has 3 heterocycles. The predicted octanol–water partition coefficient (Wildman–Crippen LogP) is 3.41. The van der Waals surface area contributed by atoms with Gasteiger partial charge in [-0.05, 0) is 57.2 Å². The van der Waals surface area contributed by atoms with E-state index in [0.717, 1.165) is 58.2 Å². The third kappa shape index (κ3) is 6.21. The molecule has 6 nitrogen and oxygen atoms in total. The molecule has 3 unspecified atom stereocenters. The molecule has 3 fully saturated rings. The number of ether oxygens (including phenoxy) is 2. The fraction of sp³-hybridized carbons (Fsp3) is 0.720. The van der Waals surface area contributed by atoms with Crippen molar-refractivity contribution >= 4 is 5.96 Å². The summed E-state index contributed by atoms with van der Waals surface area (Å²) in [5, 5.41) is 3.48. The molecule has 0 spiro atoms. The number of rotatable bonds is 6. The van der Waals surface area contributed by atoms with E-state index in [1.165, 1.54) is 36.9 Å². The van der Waals surface area contributed by atoms with Gasteiger partial charge in [-0.2, -0.15) is 0 Å². The molecule has 4 rings (SSSR count). The number of likely N-dealkylation sites (tertiary alicyclic amines) is 1. The van der Waals surface area contributed by atoms with Crippen LogP contribution in [0, 0.1) is 0 Å². The van der Waals surface area contributed by atoms with Crippen LogP contribution in [-0.2, 0) is 22.6 Å². The minimum atomic E-state index is 0.150. The lowest BCUT2D eigenvalue weighted by molar-refractivity contribution is -0.0817. The van der Waals surface area contributed by atoms with Crippen LogP contribution in [0.1, 0.15) is 57.1 Å². The van der Waals surface area contributed by atoms with Crippen LogP contribution < -0.4 is 5.32 Å². The summed E-state index contributed by atoms with van der Waals surface area (Å²) in [6.07, 6.45) is 6.67. The highest BCUT2D eigenvalue weighted by atomic mass is 16.5. The lowest BCUT2D eigenvalue weighted by Crippen LogP contribution is -2.53. The van der Waals surface area contributed by atoms with E-state index in [-0.39, 0.29) is 12.2 Å². The van der Waals surface area contributed by atoms with Gasteiger partial charge in [-0.25, -0.2) is 4.99 Å². The highest BCUT2D eigenvalue weighted by Gasteiger charge is 2.32. The number of nitrogens with one attached hydrogen (secondary N) is 1. The summed E-state index contributed by atoms with van der Waals surface area (Å²) in [5.74, 6) is 0.986. The fourth-order valence-corrected chi connectivity index (χ4v) is 4.96. The second-order valence-electron chi connectivity index (χ2n) is 9.21. The number of benzene rings is 1. The van der Waals surface area contributed by atoms with E-state index in [4.69, 9.17) is 14.5 Å². The quantitative estimate of drug-likeness (QED) is 0.556. The Kier molecular flexibility index (Phi) is 8.22. The Morgan fingerprint density at radius 2 is 1.81 bits per heavy atom. The van der Waals surface area contributed by atoms with Gasteiger partial charge in [0, 0.05) is 38.8 Å².